The second kappa shape index (κ2) is 5.08. The Bertz CT molecular complexity index is 199. The van der Waals surface area contributed by atoms with E-state index >= 15 is 0 Å². The van der Waals surface area contributed by atoms with Gasteiger partial charge in [-0.2, -0.15) is 0 Å². The molecular weight excluding hydrogens is 194 g/mol. The molecule has 0 radical (unpaired) electrons. The van der Waals surface area contributed by atoms with Crippen molar-refractivity contribution in [2.24, 2.45) is 17.1 Å². The van der Waals surface area contributed by atoms with E-state index in [0.29, 0.717) is 4.99 Å². The molecule has 2 nitrogen and oxygen atoms in total. The Hall–Kier alpha value is -0.150. The van der Waals surface area contributed by atoms with Gasteiger partial charge < -0.3 is 10.5 Å². The summed E-state index contributed by atoms with van der Waals surface area (Å²) in [7, 11) is 0. The number of hydrogen-bond acceptors (Lipinski definition) is 2. The molecular formula is C11H21NOS. The van der Waals surface area contributed by atoms with Crippen molar-refractivity contribution >= 4 is 17.2 Å². The van der Waals surface area contributed by atoms with Crippen molar-refractivity contribution in [3.05, 3.63) is 0 Å². The second-order valence-corrected chi connectivity index (χ2v) is 5.31. The number of hydrogen-bond donors (Lipinski definition) is 1. The van der Waals surface area contributed by atoms with Crippen LogP contribution in [0.25, 0.3) is 0 Å². The molecule has 0 atom stereocenters. The average molecular weight is 215 g/mol. The van der Waals surface area contributed by atoms with Crippen LogP contribution in [0.1, 0.15) is 39.5 Å². The van der Waals surface area contributed by atoms with Crippen LogP contribution < -0.4 is 5.73 Å². The molecule has 0 heterocycles. The molecule has 1 rings (SSSR count). The summed E-state index contributed by atoms with van der Waals surface area (Å²) in [5.74, 6) is 0.860. The third-order valence-electron chi connectivity index (χ3n) is 2.81. The largest absolute Gasteiger partial charge is 0.393 e. The highest BCUT2D eigenvalue weighted by molar-refractivity contribution is 7.80. The van der Waals surface area contributed by atoms with Gasteiger partial charge in [0.25, 0.3) is 0 Å². The van der Waals surface area contributed by atoms with Crippen molar-refractivity contribution in [1.29, 1.82) is 0 Å². The lowest BCUT2D eigenvalue weighted by atomic mass is 9.88. The molecule has 1 fully saturated rings. The summed E-state index contributed by atoms with van der Waals surface area (Å²) in [6.07, 6.45) is 4.79. The van der Waals surface area contributed by atoms with Gasteiger partial charge in [-0.15, -0.1) is 0 Å². The maximum atomic E-state index is 5.63. The van der Waals surface area contributed by atoms with E-state index in [1.54, 1.807) is 0 Å². The lowest BCUT2D eigenvalue weighted by Crippen LogP contribution is -2.29. The number of thiocarbonyl (C=S) groups is 1. The van der Waals surface area contributed by atoms with Gasteiger partial charge in [-0.1, -0.05) is 26.1 Å². The third-order valence-corrected chi connectivity index (χ3v) is 3.36. The molecule has 0 aliphatic heterocycles. The predicted octanol–water partition coefficient (Wildman–Crippen LogP) is 2.51. The summed E-state index contributed by atoms with van der Waals surface area (Å²) < 4.78 is 5.55. The van der Waals surface area contributed by atoms with Crippen LogP contribution in [-0.2, 0) is 4.74 Å². The van der Waals surface area contributed by atoms with E-state index in [1.165, 1.54) is 12.8 Å². The predicted molar refractivity (Wildman–Crippen MR) is 63.3 cm³/mol. The Kier molecular flexibility index (Phi) is 4.32. The van der Waals surface area contributed by atoms with E-state index in [2.05, 4.69) is 13.8 Å². The zero-order chi connectivity index (χ0) is 10.6. The molecule has 82 valence electrons. The molecule has 0 unspecified atom stereocenters. The van der Waals surface area contributed by atoms with Crippen molar-refractivity contribution < 1.29 is 4.74 Å². The SMILES string of the molecule is CC(C)(CCCOCC1CC1)C(N)=S. The minimum absolute atomic E-state index is 0.0156. The zero-order valence-corrected chi connectivity index (χ0v) is 10.0. The van der Waals surface area contributed by atoms with Gasteiger partial charge in [-0.3, -0.25) is 0 Å². The highest BCUT2D eigenvalue weighted by Gasteiger charge is 2.22. The van der Waals surface area contributed by atoms with Crippen molar-refractivity contribution in [2.75, 3.05) is 13.2 Å². The standard InChI is InChI=1S/C11H21NOS/c1-11(2,10(12)14)6-3-7-13-8-9-4-5-9/h9H,3-8H2,1-2H3,(H2,12,14). The van der Waals surface area contributed by atoms with Crippen LogP contribution in [0.3, 0.4) is 0 Å². The number of ether oxygens (including phenoxy) is 1. The summed E-state index contributed by atoms with van der Waals surface area (Å²) in [5, 5.41) is 0. The maximum absolute atomic E-state index is 5.63. The first kappa shape index (κ1) is 11.9. The van der Waals surface area contributed by atoms with Gasteiger partial charge in [0.1, 0.15) is 0 Å². The van der Waals surface area contributed by atoms with Gasteiger partial charge in [0.2, 0.25) is 0 Å². The highest BCUT2D eigenvalue weighted by Crippen LogP contribution is 2.29. The molecule has 0 aromatic carbocycles. The number of nitrogens with two attached hydrogens (primary N) is 1. The Morgan fingerprint density at radius 1 is 1.50 bits per heavy atom. The molecule has 1 aliphatic carbocycles. The quantitative estimate of drug-likeness (QED) is 0.523. The lowest BCUT2D eigenvalue weighted by Gasteiger charge is -2.22. The Morgan fingerprint density at radius 2 is 2.14 bits per heavy atom. The van der Waals surface area contributed by atoms with Crippen LogP contribution in [0.15, 0.2) is 0 Å². The summed E-state index contributed by atoms with van der Waals surface area (Å²) in [6, 6.07) is 0. The van der Waals surface area contributed by atoms with Crippen molar-refractivity contribution in [1.82, 2.24) is 0 Å². The van der Waals surface area contributed by atoms with E-state index in [4.69, 9.17) is 22.7 Å². The van der Waals surface area contributed by atoms with E-state index in [1.807, 2.05) is 0 Å². The van der Waals surface area contributed by atoms with Crippen molar-refractivity contribution in [2.45, 2.75) is 39.5 Å². The molecule has 1 saturated carbocycles. The van der Waals surface area contributed by atoms with Gasteiger partial charge in [-0.05, 0) is 31.6 Å². The summed E-state index contributed by atoms with van der Waals surface area (Å²) >= 11 is 5.00. The van der Waals surface area contributed by atoms with Crippen LogP contribution in [0.2, 0.25) is 0 Å². The second-order valence-electron chi connectivity index (χ2n) is 4.87. The Balaban J connectivity index is 1.98. The monoisotopic (exact) mass is 215 g/mol. The first-order chi connectivity index (χ1) is 6.52. The minimum atomic E-state index is -0.0156. The van der Waals surface area contributed by atoms with E-state index < -0.39 is 0 Å². The molecule has 14 heavy (non-hydrogen) atoms. The Morgan fingerprint density at radius 3 is 2.64 bits per heavy atom. The smallest absolute Gasteiger partial charge is 0.0784 e. The van der Waals surface area contributed by atoms with Crippen molar-refractivity contribution in [3.8, 4) is 0 Å². The van der Waals surface area contributed by atoms with Crippen LogP contribution in [0, 0.1) is 11.3 Å². The van der Waals surface area contributed by atoms with Gasteiger partial charge in [-0.25, -0.2) is 0 Å². The lowest BCUT2D eigenvalue weighted by molar-refractivity contribution is 0.116. The molecule has 0 aromatic heterocycles. The maximum Gasteiger partial charge on any atom is 0.0784 e. The van der Waals surface area contributed by atoms with E-state index in [9.17, 15) is 0 Å². The van der Waals surface area contributed by atoms with Gasteiger partial charge in [0.05, 0.1) is 4.99 Å². The molecule has 2 N–H and O–H groups in total. The first-order valence-electron chi connectivity index (χ1n) is 5.40. The van der Waals surface area contributed by atoms with E-state index in [0.717, 1.165) is 32.0 Å². The molecule has 0 spiro atoms. The molecule has 0 saturated heterocycles. The van der Waals surface area contributed by atoms with Crippen molar-refractivity contribution in [3.63, 3.8) is 0 Å². The normalized spacial score (nSPS) is 17.0. The van der Waals surface area contributed by atoms with E-state index in [-0.39, 0.29) is 5.41 Å². The Labute approximate surface area is 92.2 Å². The summed E-state index contributed by atoms with van der Waals surface area (Å²) in [5.41, 5.74) is 5.62. The molecule has 0 aromatic rings. The summed E-state index contributed by atoms with van der Waals surface area (Å²) in [6.45, 7) is 5.99. The fraction of sp³-hybridized carbons (Fsp3) is 0.909. The van der Waals surface area contributed by atoms with Crippen LogP contribution in [0.5, 0.6) is 0 Å². The zero-order valence-electron chi connectivity index (χ0n) is 9.21. The fourth-order valence-corrected chi connectivity index (χ4v) is 1.38. The van der Waals surface area contributed by atoms with Gasteiger partial charge in [0, 0.05) is 18.6 Å². The molecule has 1 aliphatic rings. The minimum Gasteiger partial charge on any atom is -0.393 e. The highest BCUT2D eigenvalue weighted by atomic mass is 32.1. The van der Waals surface area contributed by atoms with Crippen LogP contribution >= 0.6 is 12.2 Å². The van der Waals surface area contributed by atoms with Crippen LogP contribution in [-0.4, -0.2) is 18.2 Å². The first-order valence-corrected chi connectivity index (χ1v) is 5.81. The van der Waals surface area contributed by atoms with Gasteiger partial charge >= 0.3 is 0 Å². The molecule has 0 bridgehead atoms. The van der Waals surface area contributed by atoms with Crippen LogP contribution in [0.4, 0.5) is 0 Å². The fourth-order valence-electron chi connectivity index (χ4n) is 1.27. The molecule has 3 heteroatoms. The number of rotatable bonds is 7. The topological polar surface area (TPSA) is 35.2 Å². The summed E-state index contributed by atoms with van der Waals surface area (Å²) in [4.78, 5) is 0.611. The molecule has 0 amide bonds. The third kappa shape index (κ3) is 4.38. The van der Waals surface area contributed by atoms with Gasteiger partial charge in [0.15, 0.2) is 0 Å². The average Bonchev–Trinajstić information content (AvgIpc) is 2.87.